The molecule has 1 unspecified atom stereocenters. The second kappa shape index (κ2) is 7.31. The summed E-state index contributed by atoms with van der Waals surface area (Å²) in [5.74, 6) is -0.0619. The summed E-state index contributed by atoms with van der Waals surface area (Å²) in [4.78, 5) is 13.8. The van der Waals surface area contributed by atoms with Gasteiger partial charge in [0.25, 0.3) is 0 Å². The maximum absolute atomic E-state index is 12.3. The Hall–Kier alpha value is -2.17. The van der Waals surface area contributed by atoms with Crippen molar-refractivity contribution in [1.82, 2.24) is 4.90 Å². The molecule has 1 aromatic rings. The van der Waals surface area contributed by atoms with E-state index >= 15 is 0 Å². The van der Waals surface area contributed by atoms with Crippen molar-refractivity contribution in [3.8, 4) is 12.1 Å². The molecule has 0 N–H and O–H groups in total. The number of benzene rings is 1. The fourth-order valence-corrected chi connectivity index (χ4v) is 1.82. The molecule has 0 heterocycles. The van der Waals surface area contributed by atoms with Gasteiger partial charge in [-0.25, -0.2) is 0 Å². The highest BCUT2D eigenvalue weighted by Gasteiger charge is 2.21. The van der Waals surface area contributed by atoms with E-state index in [1.54, 1.807) is 24.0 Å². The summed E-state index contributed by atoms with van der Waals surface area (Å²) >= 11 is 0. The maximum atomic E-state index is 12.3. The van der Waals surface area contributed by atoms with Gasteiger partial charge in [0.15, 0.2) is 5.78 Å². The third kappa shape index (κ3) is 3.91. The average Bonchev–Trinajstić information content (AvgIpc) is 2.45. The van der Waals surface area contributed by atoms with Crippen LogP contribution in [0.5, 0.6) is 0 Å². The molecule has 1 atom stereocenters. The van der Waals surface area contributed by atoms with E-state index in [0.717, 1.165) is 6.42 Å². The number of hydrogen-bond acceptors (Lipinski definition) is 4. The molecule has 0 amide bonds. The average molecular weight is 255 g/mol. The monoisotopic (exact) mass is 255 g/mol. The van der Waals surface area contributed by atoms with Crippen LogP contribution >= 0.6 is 0 Å². The topological polar surface area (TPSA) is 67.9 Å². The van der Waals surface area contributed by atoms with Crippen LogP contribution in [0.1, 0.15) is 29.8 Å². The zero-order valence-electron chi connectivity index (χ0n) is 11.3. The molecule has 0 fully saturated rings. The number of hydrogen-bond donors (Lipinski definition) is 0. The van der Waals surface area contributed by atoms with E-state index in [-0.39, 0.29) is 18.9 Å². The first kappa shape index (κ1) is 14.9. The van der Waals surface area contributed by atoms with Crippen LogP contribution in [0.15, 0.2) is 24.3 Å². The van der Waals surface area contributed by atoms with E-state index in [1.165, 1.54) is 5.56 Å². The maximum Gasteiger partial charge on any atom is 0.179 e. The lowest BCUT2D eigenvalue weighted by atomic mass is 10.0. The van der Waals surface area contributed by atoms with Crippen LogP contribution in [0, 0.1) is 22.7 Å². The molecule has 4 nitrogen and oxygen atoms in total. The smallest absolute Gasteiger partial charge is 0.179 e. The van der Waals surface area contributed by atoms with Gasteiger partial charge in [-0.05, 0) is 18.9 Å². The zero-order chi connectivity index (χ0) is 14.3. The number of carbonyl (C=O) groups excluding carboxylic acids is 1. The molecule has 1 rings (SSSR count). The van der Waals surface area contributed by atoms with E-state index in [9.17, 15) is 4.79 Å². The predicted octanol–water partition coefficient (Wildman–Crippen LogP) is 2.17. The minimum absolute atomic E-state index is 0.0619. The van der Waals surface area contributed by atoms with Crippen LogP contribution in [-0.4, -0.2) is 29.8 Å². The number of nitrogens with zero attached hydrogens (tertiary/aromatic N) is 3. The minimum Gasteiger partial charge on any atom is -0.292 e. The Labute approximate surface area is 113 Å². The van der Waals surface area contributed by atoms with Gasteiger partial charge in [-0.2, -0.15) is 10.5 Å². The largest absolute Gasteiger partial charge is 0.292 e. The van der Waals surface area contributed by atoms with Gasteiger partial charge in [0, 0.05) is 5.56 Å². The summed E-state index contributed by atoms with van der Waals surface area (Å²) < 4.78 is 0. The van der Waals surface area contributed by atoms with Gasteiger partial charge in [0.1, 0.15) is 0 Å². The van der Waals surface area contributed by atoms with Crippen LogP contribution in [-0.2, 0) is 6.42 Å². The van der Waals surface area contributed by atoms with Crippen molar-refractivity contribution in [2.75, 3.05) is 13.1 Å². The molecule has 0 radical (unpaired) electrons. The number of aryl methyl sites for hydroxylation is 1. The summed E-state index contributed by atoms with van der Waals surface area (Å²) in [5, 5.41) is 17.4. The van der Waals surface area contributed by atoms with Crippen LogP contribution < -0.4 is 0 Å². The summed E-state index contributed by atoms with van der Waals surface area (Å²) in [6.45, 7) is 3.94. The van der Waals surface area contributed by atoms with E-state index in [4.69, 9.17) is 10.5 Å². The Bertz CT molecular complexity index is 492. The molecular weight excluding hydrogens is 238 g/mol. The zero-order valence-corrected chi connectivity index (χ0v) is 11.3. The first-order valence-electron chi connectivity index (χ1n) is 6.25. The molecule has 0 aromatic heterocycles. The number of carbonyl (C=O) groups is 1. The minimum atomic E-state index is -0.466. The highest BCUT2D eigenvalue weighted by molar-refractivity contribution is 5.99. The van der Waals surface area contributed by atoms with Crippen LogP contribution in [0.25, 0.3) is 0 Å². The number of nitriles is 2. The molecule has 0 aliphatic carbocycles. The summed E-state index contributed by atoms with van der Waals surface area (Å²) in [7, 11) is 0. The highest BCUT2D eigenvalue weighted by atomic mass is 16.1. The Morgan fingerprint density at radius 1 is 1.21 bits per heavy atom. The van der Waals surface area contributed by atoms with Gasteiger partial charge in [-0.1, -0.05) is 31.2 Å². The molecule has 0 saturated carbocycles. The van der Waals surface area contributed by atoms with E-state index in [1.807, 2.05) is 24.3 Å². The lowest BCUT2D eigenvalue weighted by molar-refractivity contribution is 0.0868. The third-order valence-electron chi connectivity index (χ3n) is 3.12. The number of ketones is 1. The molecule has 0 aliphatic rings. The standard InChI is InChI=1S/C15H17N3O/c1-3-13-4-6-14(7-5-13)15(19)12(2)18(10-8-16)11-9-17/h4-7,12H,3,10-11H2,1-2H3. The van der Waals surface area contributed by atoms with Gasteiger partial charge in [0.2, 0.25) is 0 Å². The van der Waals surface area contributed by atoms with Crippen LogP contribution in [0.2, 0.25) is 0 Å². The Kier molecular flexibility index (Phi) is 5.73. The van der Waals surface area contributed by atoms with Crippen molar-refractivity contribution in [2.45, 2.75) is 26.3 Å². The summed E-state index contributed by atoms with van der Waals surface area (Å²) in [6.07, 6.45) is 0.930. The van der Waals surface area contributed by atoms with E-state index < -0.39 is 6.04 Å². The molecule has 4 heteroatoms. The van der Waals surface area contributed by atoms with Crippen molar-refractivity contribution in [3.05, 3.63) is 35.4 Å². The van der Waals surface area contributed by atoms with Crippen molar-refractivity contribution < 1.29 is 4.79 Å². The second-order valence-corrected chi connectivity index (χ2v) is 4.31. The highest BCUT2D eigenvalue weighted by Crippen LogP contribution is 2.11. The Balaban J connectivity index is 2.85. The van der Waals surface area contributed by atoms with Gasteiger partial charge in [0.05, 0.1) is 31.3 Å². The van der Waals surface area contributed by atoms with Crippen LogP contribution in [0.3, 0.4) is 0 Å². The lowest BCUT2D eigenvalue weighted by Gasteiger charge is -2.22. The van der Waals surface area contributed by atoms with Gasteiger partial charge in [-0.3, -0.25) is 9.69 Å². The summed E-state index contributed by atoms with van der Waals surface area (Å²) in [6, 6.07) is 11.0. The molecule has 1 aromatic carbocycles. The first-order chi connectivity index (χ1) is 9.13. The Morgan fingerprint density at radius 3 is 2.16 bits per heavy atom. The van der Waals surface area contributed by atoms with E-state index in [2.05, 4.69) is 6.92 Å². The van der Waals surface area contributed by atoms with Gasteiger partial charge >= 0.3 is 0 Å². The predicted molar refractivity (Wildman–Crippen MR) is 72.4 cm³/mol. The molecule has 0 spiro atoms. The van der Waals surface area contributed by atoms with Gasteiger partial charge < -0.3 is 0 Å². The summed E-state index contributed by atoms with van der Waals surface area (Å²) in [5.41, 5.74) is 1.79. The SMILES string of the molecule is CCc1ccc(C(=O)C(C)N(CC#N)CC#N)cc1. The quantitative estimate of drug-likeness (QED) is 0.577. The van der Waals surface area contributed by atoms with Crippen molar-refractivity contribution >= 4 is 5.78 Å². The fraction of sp³-hybridized carbons (Fsp3) is 0.400. The van der Waals surface area contributed by atoms with Gasteiger partial charge in [-0.15, -0.1) is 0 Å². The molecular formula is C15H17N3O. The van der Waals surface area contributed by atoms with E-state index in [0.29, 0.717) is 5.56 Å². The van der Waals surface area contributed by atoms with Crippen LogP contribution in [0.4, 0.5) is 0 Å². The molecule has 19 heavy (non-hydrogen) atoms. The van der Waals surface area contributed by atoms with Crippen molar-refractivity contribution in [2.24, 2.45) is 0 Å². The Morgan fingerprint density at radius 2 is 1.74 bits per heavy atom. The van der Waals surface area contributed by atoms with Crippen molar-refractivity contribution in [3.63, 3.8) is 0 Å². The van der Waals surface area contributed by atoms with Crippen molar-refractivity contribution in [1.29, 1.82) is 10.5 Å². The number of Topliss-reactive ketones (excluding diaryl/α,β-unsaturated/α-hetero) is 1. The second-order valence-electron chi connectivity index (χ2n) is 4.31. The first-order valence-corrected chi connectivity index (χ1v) is 6.25. The normalized spacial score (nSPS) is 11.6. The molecule has 0 saturated heterocycles. The molecule has 98 valence electrons. The third-order valence-corrected chi connectivity index (χ3v) is 3.12. The fourth-order valence-electron chi connectivity index (χ4n) is 1.82. The molecule has 0 aliphatic heterocycles. The number of rotatable bonds is 6. The lowest BCUT2D eigenvalue weighted by Crippen LogP contribution is -2.39. The molecule has 0 bridgehead atoms.